The Morgan fingerprint density at radius 3 is 2.47 bits per heavy atom. The van der Waals surface area contributed by atoms with Crippen molar-refractivity contribution in [2.45, 2.75) is 6.42 Å². The Kier molecular flexibility index (Phi) is 3.82. The van der Waals surface area contributed by atoms with E-state index in [2.05, 4.69) is 4.98 Å². The van der Waals surface area contributed by atoms with Gasteiger partial charge in [0.15, 0.2) is 0 Å². The Labute approximate surface area is 108 Å². The van der Waals surface area contributed by atoms with E-state index < -0.39 is 4.92 Å². The third-order valence-corrected chi connectivity index (χ3v) is 2.40. The van der Waals surface area contributed by atoms with Crippen molar-refractivity contribution in [1.82, 2.24) is 4.98 Å². The average Bonchev–Trinajstić information content (AvgIpc) is 2.42. The Balaban J connectivity index is 2.07. The summed E-state index contributed by atoms with van der Waals surface area (Å²) >= 11 is 0. The fourth-order valence-electron chi connectivity index (χ4n) is 1.45. The van der Waals surface area contributed by atoms with Crippen LogP contribution in [0.5, 0.6) is 11.6 Å². The van der Waals surface area contributed by atoms with Crippen LogP contribution >= 0.6 is 0 Å². The summed E-state index contributed by atoms with van der Waals surface area (Å²) in [4.78, 5) is 24.1. The Morgan fingerprint density at radius 2 is 1.95 bits per heavy atom. The lowest BCUT2D eigenvalue weighted by molar-refractivity contribution is -0.385. The number of nitrogens with zero attached hydrogens (tertiary/aromatic N) is 2. The first-order valence-corrected chi connectivity index (χ1v) is 5.50. The number of nitro groups is 1. The molecule has 0 aliphatic rings. The predicted octanol–water partition coefficient (Wildman–Crippen LogP) is 2.52. The molecular formula is C13H10N2O4. The maximum Gasteiger partial charge on any atom is 0.287 e. The maximum absolute atomic E-state index is 10.5. The highest BCUT2D eigenvalue weighted by Gasteiger charge is 2.06. The molecule has 0 saturated heterocycles. The van der Waals surface area contributed by atoms with Crippen LogP contribution in [0.4, 0.5) is 5.69 Å². The maximum atomic E-state index is 10.5. The highest BCUT2D eigenvalue weighted by Crippen LogP contribution is 2.21. The lowest BCUT2D eigenvalue weighted by atomic mass is 10.2. The molecule has 0 radical (unpaired) electrons. The standard InChI is InChI=1S/C13H10N2O4/c16-8-7-10-1-4-12(5-2-10)19-13-6-3-11(9-14-13)15(17)18/h1-6,8-9H,7H2. The molecule has 2 aromatic rings. The molecule has 1 aromatic carbocycles. The first kappa shape index (κ1) is 12.7. The van der Waals surface area contributed by atoms with Gasteiger partial charge in [-0.3, -0.25) is 10.1 Å². The highest BCUT2D eigenvalue weighted by atomic mass is 16.6. The fraction of sp³-hybridized carbons (Fsp3) is 0.0769. The zero-order valence-corrected chi connectivity index (χ0v) is 9.85. The van der Waals surface area contributed by atoms with Gasteiger partial charge >= 0.3 is 0 Å². The fourth-order valence-corrected chi connectivity index (χ4v) is 1.45. The molecule has 6 nitrogen and oxygen atoms in total. The van der Waals surface area contributed by atoms with Crippen LogP contribution in [0.3, 0.4) is 0 Å². The third kappa shape index (κ3) is 3.35. The molecule has 0 saturated carbocycles. The highest BCUT2D eigenvalue weighted by molar-refractivity contribution is 5.55. The zero-order chi connectivity index (χ0) is 13.7. The second-order valence-corrected chi connectivity index (χ2v) is 3.73. The van der Waals surface area contributed by atoms with Crippen LogP contribution in [-0.4, -0.2) is 16.2 Å². The second kappa shape index (κ2) is 5.72. The van der Waals surface area contributed by atoms with E-state index in [1.54, 1.807) is 24.3 Å². The molecule has 0 unspecified atom stereocenters. The number of carbonyl (C=O) groups is 1. The Morgan fingerprint density at radius 1 is 1.21 bits per heavy atom. The number of benzene rings is 1. The van der Waals surface area contributed by atoms with Gasteiger partial charge in [0.1, 0.15) is 18.2 Å². The van der Waals surface area contributed by atoms with E-state index in [0.29, 0.717) is 12.2 Å². The van der Waals surface area contributed by atoms with Crippen LogP contribution in [0.1, 0.15) is 5.56 Å². The summed E-state index contributed by atoms with van der Waals surface area (Å²) in [7, 11) is 0. The van der Waals surface area contributed by atoms with Crippen LogP contribution in [0, 0.1) is 10.1 Å². The minimum absolute atomic E-state index is 0.0892. The van der Waals surface area contributed by atoms with Gasteiger partial charge in [-0.05, 0) is 17.7 Å². The summed E-state index contributed by atoms with van der Waals surface area (Å²) in [5.74, 6) is 0.824. The van der Waals surface area contributed by atoms with Gasteiger partial charge in [0.2, 0.25) is 5.88 Å². The summed E-state index contributed by atoms with van der Waals surface area (Å²) < 4.78 is 5.42. The van der Waals surface area contributed by atoms with Crippen molar-refractivity contribution in [3.8, 4) is 11.6 Å². The monoisotopic (exact) mass is 258 g/mol. The minimum atomic E-state index is -0.523. The van der Waals surface area contributed by atoms with Gasteiger partial charge in [-0.25, -0.2) is 4.98 Å². The van der Waals surface area contributed by atoms with Crippen LogP contribution < -0.4 is 4.74 Å². The lowest BCUT2D eigenvalue weighted by Gasteiger charge is -2.04. The summed E-state index contributed by atoms with van der Waals surface area (Å²) in [6.45, 7) is 0. The largest absolute Gasteiger partial charge is 0.439 e. The van der Waals surface area contributed by atoms with Crippen LogP contribution in [0.2, 0.25) is 0 Å². The molecule has 0 spiro atoms. The molecule has 0 amide bonds. The van der Waals surface area contributed by atoms with Crippen LogP contribution in [-0.2, 0) is 11.2 Å². The van der Waals surface area contributed by atoms with Gasteiger partial charge < -0.3 is 9.53 Å². The molecule has 1 aromatic heterocycles. The van der Waals surface area contributed by atoms with Crippen LogP contribution in [0.15, 0.2) is 42.6 Å². The number of aromatic nitrogens is 1. The van der Waals surface area contributed by atoms with Gasteiger partial charge in [-0.15, -0.1) is 0 Å². The third-order valence-electron chi connectivity index (χ3n) is 2.40. The van der Waals surface area contributed by atoms with E-state index in [-0.39, 0.29) is 11.6 Å². The topological polar surface area (TPSA) is 82.3 Å². The summed E-state index contributed by atoms with van der Waals surface area (Å²) in [5.41, 5.74) is 0.799. The van der Waals surface area contributed by atoms with Crippen molar-refractivity contribution in [1.29, 1.82) is 0 Å². The van der Waals surface area contributed by atoms with E-state index in [4.69, 9.17) is 4.74 Å². The van der Waals surface area contributed by atoms with Crippen molar-refractivity contribution in [3.05, 3.63) is 58.3 Å². The number of ether oxygens (including phenoxy) is 1. The van der Waals surface area contributed by atoms with Crippen LogP contribution in [0.25, 0.3) is 0 Å². The van der Waals surface area contributed by atoms with Crippen molar-refractivity contribution in [2.24, 2.45) is 0 Å². The lowest BCUT2D eigenvalue weighted by Crippen LogP contribution is -1.92. The molecule has 0 fully saturated rings. The van der Waals surface area contributed by atoms with Gasteiger partial charge in [0, 0.05) is 18.6 Å². The van der Waals surface area contributed by atoms with Crippen molar-refractivity contribution < 1.29 is 14.5 Å². The van der Waals surface area contributed by atoms with Crippen molar-refractivity contribution in [2.75, 3.05) is 0 Å². The van der Waals surface area contributed by atoms with Gasteiger partial charge in [-0.1, -0.05) is 12.1 Å². The van der Waals surface area contributed by atoms with E-state index in [1.165, 1.54) is 12.1 Å². The van der Waals surface area contributed by atoms with Gasteiger partial charge in [0.25, 0.3) is 5.69 Å². The first-order chi connectivity index (χ1) is 9.19. The molecule has 0 bridgehead atoms. The molecule has 0 atom stereocenters. The predicted molar refractivity (Wildman–Crippen MR) is 67.2 cm³/mol. The molecule has 6 heteroatoms. The minimum Gasteiger partial charge on any atom is -0.439 e. The van der Waals surface area contributed by atoms with Crippen molar-refractivity contribution in [3.63, 3.8) is 0 Å². The summed E-state index contributed by atoms with van der Waals surface area (Å²) in [6, 6.07) is 9.72. The Bertz CT molecular complexity index is 579. The Hall–Kier alpha value is -2.76. The molecule has 0 aliphatic heterocycles. The second-order valence-electron chi connectivity index (χ2n) is 3.73. The number of hydrogen-bond acceptors (Lipinski definition) is 5. The number of rotatable bonds is 5. The average molecular weight is 258 g/mol. The number of hydrogen-bond donors (Lipinski definition) is 0. The molecule has 2 rings (SSSR count). The number of carbonyl (C=O) groups excluding carboxylic acids is 1. The molecular weight excluding hydrogens is 248 g/mol. The quantitative estimate of drug-likeness (QED) is 0.467. The summed E-state index contributed by atoms with van der Waals surface area (Å²) in [6.07, 6.45) is 2.32. The molecule has 0 N–H and O–H groups in total. The van der Waals surface area contributed by atoms with E-state index in [9.17, 15) is 14.9 Å². The number of pyridine rings is 1. The normalized spacial score (nSPS) is 9.89. The first-order valence-electron chi connectivity index (χ1n) is 5.50. The SMILES string of the molecule is O=CCc1ccc(Oc2ccc([N+](=O)[O-])cn2)cc1. The molecule has 0 aliphatic carbocycles. The summed E-state index contributed by atoms with van der Waals surface area (Å²) in [5, 5.41) is 10.5. The molecule has 1 heterocycles. The smallest absolute Gasteiger partial charge is 0.287 e. The van der Waals surface area contributed by atoms with E-state index in [1.807, 2.05) is 0 Å². The molecule has 96 valence electrons. The number of aldehydes is 1. The van der Waals surface area contributed by atoms with E-state index >= 15 is 0 Å². The van der Waals surface area contributed by atoms with Crippen molar-refractivity contribution >= 4 is 12.0 Å². The molecule has 19 heavy (non-hydrogen) atoms. The van der Waals surface area contributed by atoms with E-state index in [0.717, 1.165) is 18.0 Å². The zero-order valence-electron chi connectivity index (χ0n) is 9.85. The van der Waals surface area contributed by atoms with Gasteiger partial charge in [-0.2, -0.15) is 0 Å². The van der Waals surface area contributed by atoms with Gasteiger partial charge in [0.05, 0.1) is 4.92 Å².